The molecule has 1 rings (SSSR count). The molecule has 0 saturated carbocycles. The van der Waals surface area contributed by atoms with Crippen molar-refractivity contribution in [1.29, 1.82) is 0 Å². The second kappa shape index (κ2) is 7.19. The summed E-state index contributed by atoms with van der Waals surface area (Å²) in [6, 6.07) is 0. The first-order valence-corrected chi connectivity index (χ1v) is 5.90. The molecular formula is C12H20N2O3. The number of carbonyl (C=O) groups excluding carboxylic acids is 1. The molecule has 0 fully saturated rings. The maximum absolute atomic E-state index is 11.8. The predicted octanol–water partition coefficient (Wildman–Crippen LogP) is 1.32. The Kier molecular flexibility index (Phi) is 5.86. The van der Waals surface area contributed by atoms with Gasteiger partial charge in [0.1, 0.15) is 0 Å². The SMILES string of the molecule is CCOC(OCC)C(=O)CCc1cnn(C)c1. The summed E-state index contributed by atoms with van der Waals surface area (Å²) in [5.41, 5.74) is 1.05. The van der Waals surface area contributed by atoms with Gasteiger partial charge in [0.25, 0.3) is 0 Å². The molecule has 0 spiro atoms. The Morgan fingerprint density at radius 3 is 2.53 bits per heavy atom. The van der Waals surface area contributed by atoms with Gasteiger partial charge >= 0.3 is 0 Å². The van der Waals surface area contributed by atoms with Crippen molar-refractivity contribution in [3.8, 4) is 0 Å². The van der Waals surface area contributed by atoms with Crippen molar-refractivity contribution >= 4 is 5.78 Å². The van der Waals surface area contributed by atoms with Crippen molar-refractivity contribution in [2.75, 3.05) is 13.2 Å². The molecule has 1 aromatic rings. The van der Waals surface area contributed by atoms with Crippen LogP contribution in [0.1, 0.15) is 25.8 Å². The van der Waals surface area contributed by atoms with Gasteiger partial charge in [-0.15, -0.1) is 0 Å². The molecule has 0 aliphatic heterocycles. The lowest BCUT2D eigenvalue weighted by atomic mass is 10.1. The average Bonchev–Trinajstić information content (AvgIpc) is 2.72. The summed E-state index contributed by atoms with van der Waals surface area (Å²) in [6.07, 6.45) is 4.04. The summed E-state index contributed by atoms with van der Waals surface area (Å²) < 4.78 is 12.2. The fourth-order valence-electron chi connectivity index (χ4n) is 1.52. The first-order chi connectivity index (χ1) is 8.17. The number of ketones is 1. The Morgan fingerprint density at radius 1 is 1.41 bits per heavy atom. The molecule has 0 radical (unpaired) electrons. The Labute approximate surface area is 102 Å². The normalized spacial score (nSPS) is 11.1. The first kappa shape index (κ1) is 13.9. The summed E-state index contributed by atoms with van der Waals surface area (Å²) in [5, 5.41) is 4.05. The molecule has 0 bridgehead atoms. The van der Waals surface area contributed by atoms with Crippen LogP contribution < -0.4 is 0 Å². The minimum absolute atomic E-state index is 0.0162. The van der Waals surface area contributed by atoms with Crippen molar-refractivity contribution in [2.24, 2.45) is 7.05 Å². The third-order valence-electron chi connectivity index (χ3n) is 2.32. The quantitative estimate of drug-likeness (QED) is 0.643. The van der Waals surface area contributed by atoms with E-state index >= 15 is 0 Å². The highest BCUT2D eigenvalue weighted by Crippen LogP contribution is 2.06. The summed E-state index contributed by atoms with van der Waals surface area (Å²) in [7, 11) is 1.86. The Bertz CT molecular complexity index is 343. The van der Waals surface area contributed by atoms with Crippen LogP contribution >= 0.6 is 0 Å². The van der Waals surface area contributed by atoms with E-state index in [0.29, 0.717) is 26.1 Å². The summed E-state index contributed by atoms with van der Waals surface area (Å²) in [6.45, 7) is 4.65. The highest BCUT2D eigenvalue weighted by Gasteiger charge is 2.18. The van der Waals surface area contributed by atoms with Gasteiger partial charge in [0.2, 0.25) is 6.29 Å². The van der Waals surface area contributed by atoms with Gasteiger partial charge in [-0.3, -0.25) is 9.48 Å². The van der Waals surface area contributed by atoms with Gasteiger partial charge in [-0.1, -0.05) is 0 Å². The Balaban J connectivity index is 2.41. The third kappa shape index (κ3) is 4.66. The standard InChI is InChI=1S/C12H20N2O3/c1-4-16-12(17-5-2)11(15)7-6-10-8-13-14(3)9-10/h8-9,12H,4-7H2,1-3H3. The van der Waals surface area contributed by atoms with Gasteiger partial charge in [-0.05, 0) is 25.8 Å². The fraction of sp³-hybridized carbons (Fsp3) is 0.667. The number of carbonyl (C=O) groups is 1. The highest BCUT2D eigenvalue weighted by atomic mass is 16.7. The van der Waals surface area contributed by atoms with Crippen molar-refractivity contribution in [3.63, 3.8) is 0 Å². The molecule has 0 aliphatic rings. The third-order valence-corrected chi connectivity index (χ3v) is 2.32. The second-order valence-electron chi connectivity index (χ2n) is 3.73. The minimum Gasteiger partial charge on any atom is -0.346 e. The lowest BCUT2D eigenvalue weighted by Gasteiger charge is -2.15. The van der Waals surface area contributed by atoms with E-state index in [1.54, 1.807) is 10.9 Å². The van der Waals surface area contributed by atoms with Gasteiger partial charge in [0.15, 0.2) is 5.78 Å². The maximum Gasteiger partial charge on any atom is 0.217 e. The number of rotatable bonds is 8. The van der Waals surface area contributed by atoms with E-state index in [-0.39, 0.29) is 5.78 Å². The molecule has 0 N–H and O–H groups in total. The van der Waals surface area contributed by atoms with Gasteiger partial charge < -0.3 is 9.47 Å². The number of Topliss-reactive ketones (excluding diaryl/α,β-unsaturated/α-hetero) is 1. The largest absolute Gasteiger partial charge is 0.346 e. The lowest BCUT2D eigenvalue weighted by Crippen LogP contribution is -2.27. The van der Waals surface area contributed by atoms with E-state index in [1.165, 1.54) is 0 Å². The summed E-state index contributed by atoms with van der Waals surface area (Å²) >= 11 is 0. The molecule has 5 heteroatoms. The monoisotopic (exact) mass is 240 g/mol. The van der Waals surface area contributed by atoms with Crippen molar-refractivity contribution < 1.29 is 14.3 Å². The summed E-state index contributed by atoms with van der Waals surface area (Å²) in [5.74, 6) is -0.0162. The Hall–Kier alpha value is -1.20. The fourth-order valence-corrected chi connectivity index (χ4v) is 1.52. The van der Waals surface area contributed by atoms with Crippen LogP contribution in [0.5, 0.6) is 0 Å². The minimum atomic E-state index is -0.721. The van der Waals surface area contributed by atoms with E-state index in [2.05, 4.69) is 5.10 Å². The van der Waals surface area contributed by atoms with E-state index in [0.717, 1.165) is 5.56 Å². The molecule has 0 aliphatic carbocycles. The van der Waals surface area contributed by atoms with Crippen LogP contribution in [-0.4, -0.2) is 35.1 Å². The maximum atomic E-state index is 11.8. The van der Waals surface area contributed by atoms with E-state index < -0.39 is 6.29 Å². The van der Waals surface area contributed by atoms with Crippen LogP contribution in [0.3, 0.4) is 0 Å². The van der Waals surface area contributed by atoms with Crippen LogP contribution in [0.4, 0.5) is 0 Å². The lowest BCUT2D eigenvalue weighted by molar-refractivity contribution is -0.167. The number of nitrogens with zero attached hydrogens (tertiary/aromatic N) is 2. The van der Waals surface area contributed by atoms with Crippen molar-refractivity contribution in [3.05, 3.63) is 18.0 Å². The van der Waals surface area contributed by atoms with E-state index in [4.69, 9.17) is 9.47 Å². The van der Waals surface area contributed by atoms with Crippen molar-refractivity contribution in [2.45, 2.75) is 33.0 Å². The molecule has 1 aromatic heterocycles. The zero-order chi connectivity index (χ0) is 12.7. The number of aromatic nitrogens is 2. The number of hydrogen-bond acceptors (Lipinski definition) is 4. The highest BCUT2D eigenvalue weighted by molar-refractivity contribution is 5.82. The Morgan fingerprint density at radius 2 is 2.06 bits per heavy atom. The van der Waals surface area contributed by atoms with Gasteiger partial charge in [0.05, 0.1) is 6.20 Å². The zero-order valence-corrected chi connectivity index (χ0v) is 10.7. The smallest absolute Gasteiger partial charge is 0.217 e. The van der Waals surface area contributed by atoms with E-state index in [1.807, 2.05) is 27.1 Å². The molecule has 0 aromatic carbocycles. The van der Waals surface area contributed by atoms with Crippen LogP contribution in [0.2, 0.25) is 0 Å². The van der Waals surface area contributed by atoms with Crippen LogP contribution in [0, 0.1) is 0 Å². The topological polar surface area (TPSA) is 53.4 Å². The number of aryl methyl sites for hydroxylation is 2. The van der Waals surface area contributed by atoms with Crippen molar-refractivity contribution in [1.82, 2.24) is 9.78 Å². The number of hydrogen-bond donors (Lipinski definition) is 0. The molecule has 17 heavy (non-hydrogen) atoms. The molecular weight excluding hydrogens is 220 g/mol. The molecule has 0 unspecified atom stereocenters. The molecule has 0 amide bonds. The number of ether oxygens (including phenoxy) is 2. The molecule has 0 saturated heterocycles. The van der Waals surface area contributed by atoms with Crippen LogP contribution in [0.15, 0.2) is 12.4 Å². The molecule has 96 valence electrons. The summed E-state index contributed by atoms with van der Waals surface area (Å²) in [4.78, 5) is 11.8. The van der Waals surface area contributed by atoms with Gasteiger partial charge in [-0.2, -0.15) is 5.10 Å². The zero-order valence-electron chi connectivity index (χ0n) is 10.7. The van der Waals surface area contributed by atoms with Crippen LogP contribution in [0.25, 0.3) is 0 Å². The molecule has 0 atom stereocenters. The second-order valence-corrected chi connectivity index (χ2v) is 3.73. The molecule has 1 heterocycles. The molecule has 5 nitrogen and oxygen atoms in total. The van der Waals surface area contributed by atoms with Gasteiger partial charge in [0, 0.05) is 32.9 Å². The predicted molar refractivity (Wildman–Crippen MR) is 63.6 cm³/mol. The van der Waals surface area contributed by atoms with Gasteiger partial charge in [-0.25, -0.2) is 0 Å². The van der Waals surface area contributed by atoms with Crippen LogP contribution in [-0.2, 0) is 27.7 Å². The average molecular weight is 240 g/mol. The van der Waals surface area contributed by atoms with E-state index in [9.17, 15) is 4.79 Å². The first-order valence-electron chi connectivity index (χ1n) is 5.90.